The molecule has 1 unspecified atom stereocenters. The molecule has 0 saturated carbocycles. The molecule has 1 amide bonds. The fraction of sp³-hybridized carbons (Fsp3) is 0.226. The average molecular weight is 542 g/mol. The summed E-state index contributed by atoms with van der Waals surface area (Å²) in [4.78, 5) is 21.8. The van der Waals surface area contributed by atoms with Crippen LogP contribution in [-0.4, -0.2) is 62.1 Å². The van der Waals surface area contributed by atoms with E-state index in [1.165, 1.54) is 0 Å². The predicted molar refractivity (Wildman–Crippen MR) is 154 cm³/mol. The van der Waals surface area contributed by atoms with Gasteiger partial charge in [0.1, 0.15) is 5.75 Å². The standard InChI is InChI=1S/C31H31N3O6/c1-37-21-9-10-25-23(14-21)19(16-32-25)11-20(17-35)33-31(36)24-15-27(34-26-8-6-5-7-22(24)26)18-12-28(38-2)30(40-4)29(13-18)39-3/h5-10,12-16,20,32,35H,11,17H2,1-4H3,(H,33,36). The Hall–Kier alpha value is -4.76. The molecule has 5 rings (SSSR count). The van der Waals surface area contributed by atoms with Crippen LogP contribution in [0.4, 0.5) is 0 Å². The summed E-state index contributed by atoms with van der Waals surface area (Å²) in [5.74, 6) is 1.85. The summed E-state index contributed by atoms with van der Waals surface area (Å²) in [7, 11) is 6.26. The number of pyridine rings is 1. The van der Waals surface area contributed by atoms with Crippen molar-refractivity contribution in [2.75, 3.05) is 35.0 Å². The molecule has 9 nitrogen and oxygen atoms in total. The van der Waals surface area contributed by atoms with Gasteiger partial charge in [-0.05, 0) is 54.4 Å². The van der Waals surface area contributed by atoms with Crippen LogP contribution in [-0.2, 0) is 6.42 Å². The van der Waals surface area contributed by atoms with Crippen molar-refractivity contribution in [1.82, 2.24) is 15.3 Å². The Bertz CT molecular complexity index is 1650. The number of fused-ring (bicyclic) bond motifs is 2. The molecule has 0 saturated heterocycles. The molecule has 0 spiro atoms. The molecule has 206 valence electrons. The zero-order valence-electron chi connectivity index (χ0n) is 22.8. The highest BCUT2D eigenvalue weighted by Gasteiger charge is 2.21. The number of methoxy groups -OCH3 is 4. The van der Waals surface area contributed by atoms with E-state index < -0.39 is 6.04 Å². The van der Waals surface area contributed by atoms with Crippen LogP contribution in [0, 0.1) is 0 Å². The third kappa shape index (κ3) is 5.11. The first-order valence-corrected chi connectivity index (χ1v) is 12.8. The summed E-state index contributed by atoms with van der Waals surface area (Å²) in [6, 6.07) is 18.0. The summed E-state index contributed by atoms with van der Waals surface area (Å²) in [6.07, 6.45) is 2.32. The molecule has 9 heteroatoms. The summed E-state index contributed by atoms with van der Waals surface area (Å²) in [6.45, 7) is -0.231. The van der Waals surface area contributed by atoms with Gasteiger partial charge < -0.3 is 34.4 Å². The minimum Gasteiger partial charge on any atom is -0.497 e. The number of aromatic nitrogens is 2. The Morgan fingerprint density at radius 1 is 0.925 bits per heavy atom. The summed E-state index contributed by atoms with van der Waals surface area (Å²) in [5.41, 5.74) is 4.27. The number of aliphatic hydroxyl groups excluding tert-OH is 1. The fourth-order valence-corrected chi connectivity index (χ4v) is 4.88. The Morgan fingerprint density at radius 2 is 1.68 bits per heavy atom. The zero-order valence-corrected chi connectivity index (χ0v) is 22.8. The largest absolute Gasteiger partial charge is 0.497 e. The van der Waals surface area contributed by atoms with E-state index in [0.29, 0.717) is 51.4 Å². The van der Waals surface area contributed by atoms with Gasteiger partial charge in [0.05, 0.1) is 57.9 Å². The molecule has 0 aliphatic rings. The number of benzene rings is 3. The number of ether oxygens (including phenoxy) is 4. The molecule has 0 bridgehead atoms. The lowest BCUT2D eigenvalue weighted by Crippen LogP contribution is -2.39. The molecule has 0 radical (unpaired) electrons. The van der Waals surface area contributed by atoms with Crippen LogP contribution in [0.5, 0.6) is 23.0 Å². The second-order valence-electron chi connectivity index (χ2n) is 9.27. The van der Waals surface area contributed by atoms with Gasteiger partial charge in [-0.15, -0.1) is 0 Å². The Kier molecular flexibility index (Phi) is 7.75. The van der Waals surface area contributed by atoms with E-state index in [4.69, 9.17) is 23.9 Å². The van der Waals surface area contributed by atoms with Crippen molar-refractivity contribution in [2.24, 2.45) is 0 Å². The highest BCUT2D eigenvalue weighted by Crippen LogP contribution is 2.41. The second-order valence-corrected chi connectivity index (χ2v) is 9.27. The lowest BCUT2D eigenvalue weighted by atomic mass is 10.0. The average Bonchev–Trinajstić information content (AvgIpc) is 3.40. The van der Waals surface area contributed by atoms with E-state index in [9.17, 15) is 9.90 Å². The second kappa shape index (κ2) is 11.5. The molecule has 2 heterocycles. The van der Waals surface area contributed by atoms with Crippen molar-refractivity contribution in [3.63, 3.8) is 0 Å². The molecule has 1 atom stereocenters. The van der Waals surface area contributed by atoms with Gasteiger partial charge in [0, 0.05) is 28.0 Å². The van der Waals surface area contributed by atoms with Crippen molar-refractivity contribution in [3.8, 4) is 34.3 Å². The highest BCUT2D eigenvalue weighted by atomic mass is 16.5. The summed E-state index contributed by atoms with van der Waals surface area (Å²) < 4.78 is 21.9. The van der Waals surface area contributed by atoms with Crippen molar-refractivity contribution >= 4 is 27.7 Å². The van der Waals surface area contributed by atoms with Crippen LogP contribution < -0.4 is 24.3 Å². The summed E-state index contributed by atoms with van der Waals surface area (Å²) in [5, 5.41) is 14.9. The number of aromatic amines is 1. The van der Waals surface area contributed by atoms with Crippen LogP contribution in [0.2, 0.25) is 0 Å². The van der Waals surface area contributed by atoms with Gasteiger partial charge in [-0.25, -0.2) is 4.98 Å². The highest BCUT2D eigenvalue weighted by molar-refractivity contribution is 6.07. The molecule has 0 aliphatic heterocycles. The number of nitrogens with one attached hydrogen (secondary N) is 2. The number of hydrogen-bond acceptors (Lipinski definition) is 7. The Labute approximate surface area is 231 Å². The van der Waals surface area contributed by atoms with Gasteiger partial charge in [-0.2, -0.15) is 0 Å². The third-order valence-corrected chi connectivity index (χ3v) is 6.92. The number of nitrogens with zero attached hydrogens (tertiary/aromatic N) is 1. The van der Waals surface area contributed by atoms with Crippen molar-refractivity contribution in [2.45, 2.75) is 12.5 Å². The predicted octanol–water partition coefficient (Wildman–Crippen LogP) is 4.75. The molecule has 40 heavy (non-hydrogen) atoms. The van der Waals surface area contributed by atoms with E-state index in [0.717, 1.165) is 22.2 Å². The first-order valence-electron chi connectivity index (χ1n) is 12.8. The molecule has 0 aliphatic carbocycles. The molecular formula is C31H31N3O6. The minimum absolute atomic E-state index is 0.231. The van der Waals surface area contributed by atoms with Gasteiger partial charge in [0.2, 0.25) is 5.75 Å². The molecule has 0 fully saturated rings. The molecule has 5 aromatic rings. The summed E-state index contributed by atoms with van der Waals surface area (Å²) >= 11 is 0. The van der Waals surface area contributed by atoms with E-state index in [1.807, 2.05) is 48.7 Å². The van der Waals surface area contributed by atoms with Gasteiger partial charge in [-0.3, -0.25) is 4.79 Å². The Morgan fingerprint density at radius 3 is 2.35 bits per heavy atom. The zero-order chi connectivity index (χ0) is 28.2. The Balaban J connectivity index is 1.50. The van der Waals surface area contributed by atoms with Gasteiger partial charge in [0.15, 0.2) is 11.5 Å². The third-order valence-electron chi connectivity index (χ3n) is 6.92. The first kappa shape index (κ1) is 26.8. The van der Waals surface area contributed by atoms with Crippen LogP contribution in [0.15, 0.2) is 66.9 Å². The van der Waals surface area contributed by atoms with Crippen molar-refractivity contribution in [3.05, 3.63) is 78.0 Å². The van der Waals surface area contributed by atoms with Gasteiger partial charge in [-0.1, -0.05) is 18.2 Å². The lowest BCUT2D eigenvalue weighted by molar-refractivity contribution is 0.0918. The molecule has 3 aromatic carbocycles. The molecule has 2 aromatic heterocycles. The quantitative estimate of drug-likeness (QED) is 0.234. The van der Waals surface area contributed by atoms with Gasteiger partial charge in [0.25, 0.3) is 5.91 Å². The number of aliphatic hydroxyl groups is 1. The van der Waals surface area contributed by atoms with Crippen LogP contribution in [0.1, 0.15) is 15.9 Å². The van der Waals surface area contributed by atoms with E-state index in [2.05, 4.69) is 10.3 Å². The van der Waals surface area contributed by atoms with E-state index in [1.54, 1.807) is 46.6 Å². The maximum absolute atomic E-state index is 13.7. The maximum atomic E-state index is 13.7. The van der Waals surface area contributed by atoms with Crippen LogP contribution in [0.25, 0.3) is 33.1 Å². The number of carbonyl (C=O) groups excluding carboxylic acids is 1. The number of H-pyrrole nitrogens is 1. The number of carbonyl (C=O) groups is 1. The van der Waals surface area contributed by atoms with Crippen molar-refractivity contribution < 1.29 is 28.8 Å². The first-order chi connectivity index (χ1) is 19.5. The van der Waals surface area contributed by atoms with Crippen molar-refractivity contribution in [1.29, 1.82) is 0 Å². The minimum atomic E-state index is -0.519. The number of amides is 1. The number of para-hydroxylation sites is 1. The fourth-order valence-electron chi connectivity index (χ4n) is 4.88. The van der Waals surface area contributed by atoms with Gasteiger partial charge >= 0.3 is 0 Å². The topological polar surface area (TPSA) is 115 Å². The maximum Gasteiger partial charge on any atom is 0.252 e. The van der Waals surface area contributed by atoms with Crippen LogP contribution >= 0.6 is 0 Å². The number of rotatable bonds is 10. The van der Waals surface area contributed by atoms with Crippen LogP contribution in [0.3, 0.4) is 0 Å². The normalized spacial score (nSPS) is 11.8. The molecule has 3 N–H and O–H groups in total. The smallest absolute Gasteiger partial charge is 0.252 e. The van der Waals surface area contributed by atoms with E-state index >= 15 is 0 Å². The van der Waals surface area contributed by atoms with E-state index in [-0.39, 0.29) is 12.5 Å². The number of hydrogen-bond donors (Lipinski definition) is 3. The monoisotopic (exact) mass is 541 g/mol. The SMILES string of the molecule is COc1ccc2[nH]cc(CC(CO)NC(=O)c3cc(-c4cc(OC)c(OC)c(OC)c4)nc4ccccc34)c2c1. The molecular weight excluding hydrogens is 510 g/mol. The lowest BCUT2D eigenvalue weighted by Gasteiger charge is -2.18.